The number of benzene rings is 1. The molecule has 0 bridgehead atoms. The summed E-state index contributed by atoms with van der Waals surface area (Å²) in [6.07, 6.45) is 1.06. The van der Waals surface area contributed by atoms with Crippen LogP contribution in [0.2, 0.25) is 0 Å². The Balaban J connectivity index is 2.21. The molecular formula is C12H17N5. The summed E-state index contributed by atoms with van der Waals surface area (Å²) in [5.41, 5.74) is 7.40. The minimum Gasteiger partial charge on any atom is -0.399 e. The number of rotatable bonds is 4. The molecule has 0 unspecified atom stereocenters. The van der Waals surface area contributed by atoms with Crippen LogP contribution >= 0.6 is 0 Å². The molecule has 1 aromatic carbocycles. The SMILES string of the molecule is CC(C)CCn1nnnc1-c1ccc(N)cc1. The molecule has 5 heteroatoms. The second kappa shape index (κ2) is 4.95. The maximum Gasteiger partial charge on any atom is 0.182 e. The van der Waals surface area contributed by atoms with Gasteiger partial charge in [-0.05, 0) is 47.0 Å². The van der Waals surface area contributed by atoms with E-state index in [9.17, 15) is 0 Å². The number of hydrogen-bond acceptors (Lipinski definition) is 4. The van der Waals surface area contributed by atoms with Crippen LogP contribution in [0.5, 0.6) is 0 Å². The molecule has 0 saturated carbocycles. The van der Waals surface area contributed by atoms with Crippen LogP contribution < -0.4 is 5.73 Å². The Bertz CT molecular complexity index is 472. The topological polar surface area (TPSA) is 69.6 Å². The molecule has 0 aliphatic carbocycles. The van der Waals surface area contributed by atoms with Gasteiger partial charge < -0.3 is 5.73 Å². The van der Waals surface area contributed by atoms with Gasteiger partial charge in [-0.15, -0.1) is 5.10 Å². The lowest BCUT2D eigenvalue weighted by atomic mass is 10.1. The van der Waals surface area contributed by atoms with Crippen LogP contribution in [0.1, 0.15) is 20.3 Å². The van der Waals surface area contributed by atoms with Gasteiger partial charge in [-0.2, -0.15) is 0 Å². The average molecular weight is 231 g/mol. The highest BCUT2D eigenvalue weighted by Gasteiger charge is 2.08. The van der Waals surface area contributed by atoms with Crippen molar-refractivity contribution >= 4 is 5.69 Å². The second-order valence-corrected chi connectivity index (χ2v) is 4.53. The number of aryl methyl sites for hydroxylation is 1. The van der Waals surface area contributed by atoms with Crippen molar-refractivity contribution in [2.75, 3.05) is 5.73 Å². The molecule has 2 rings (SSSR count). The van der Waals surface area contributed by atoms with Crippen molar-refractivity contribution in [3.63, 3.8) is 0 Å². The van der Waals surface area contributed by atoms with Crippen LogP contribution in [0.15, 0.2) is 24.3 Å². The third kappa shape index (κ3) is 2.81. The van der Waals surface area contributed by atoms with E-state index >= 15 is 0 Å². The monoisotopic (exact) mass is 231 g/mol. The Kier molecular flexibility index (Phi) is 3.37. The quantitative estimate of drug-likeness (QED) is 0.817. The van der Waals surface area contributed by atoms with E-state index < -0.39 is 0 Å². The molecule has 90 valence electrons. The van der Waals surface area contributed by atoms with Gasteiger partial charge in [0.15, 0.2) is 5.82 Å². The summed E-state index contributed by atoms with van der Waals surface area (Å²) in [6, 6.07) is 7.59. The van der Waals surface area contributed by atoms with Crippen LogP contribution in [-0.2, 0) is 6.54 Å². The van der Waals surface area contributed by atoms with E-state index in [2.05, 4.69) is 29.4 Å². The van der Waals surface area contributed by atoms with Gasteiger partial charge in [-0.3, -0.25) is 0 Å². The van der Waals surface area contributed by atoms with Crippen molar-refractivity contribution in [1.29, 1.82) is 0 Å². The third-order valence-electron chi connectivity index (χ3n) is 2.62. The first-order chi connectivity index (χ1) is 8.16. The first-order valence-corrected chi connectivity index (χ1v) is 5.79. The number of anilines is 1. The molecule has 2 aromatic rings. The molecule has 0 atom stereocenters. The summed E-state index contributed by atoms with van der Waals surface area (Å²) in [4.78, 5) is 0. The third-order valence-corrected chi connectivity index (χ3v) is 2.62. The molecule has 0 aliphatic heterocycles. The Hall–Kier alpha value is -1.91. The Morgan fingerprint density at radius 2 is 1.94 bits per heavy atom. The second-order valence-electron chi connectivity index (χ2n) is 4.53. The number of nitrogens with two attached hydrogens (primary N) is 1. The Morgan fingerprint density at radius 1 is 1.24 bits per heavy atom. The Labute approximate surface area is 101 Å². The molecule has 1 aromatic heterocycles. The number of hydrogen-bond donors (Lipinski definition) is 1. The van der Waals surface area contributed by atoms with Crippen molar-refractivity contribution in [3.8, 4) is 11.4 Å². The molecule has 0 radical (unpaired) electrons. The van der Waals surface area contributed by atoms with Crippen molar-refractivity contribution in [2.24, 2.45) is 5.92 Å². The van der Waals surface area contributed by atoms with E-state index in [0.717, 1.165) is 30.0 Å². The van der Waals surface area contributed by atoms with E-state index in [4.69, 9.17) is 5.73 Å². The first kappa shape index (κ1) is 11.6. The molecule has 0 amide bonds. The molecule has 17 heavy (non-hydrogen) atoms. The van der Waals surface area contributed by atoms with Gasteiger partial charge in [0.2, 0.25) is 0 Å². The smallest absolute Gasteiger partial charge is 0.182 e. The summed E-state index contributed by atoms with van der Waals surface area (Å²) in [5.74, 6) is 1.43. The largest absolute Gasteiger partial charge is 0.399 e. The highest BCUT2D eigenvalue weighted by atomic mass is 15.5. The van der Waals surface area contributed by atoms with Crippen molar-refractivity contribution in [2.45, 2.75) is 26.8 Å². The summed E-state index contributed by atoms with van der Waals surface area (Å²) in [7, 11) is 0. The van der Waals surface area contributed by atoms with E-state index in [0.29, 0.717) is 5.92 Å². The molecule has 0 aliphatic rings. The molecule has 0 saturated heterocycles. The van der Waals surface area contributed by atoms with Crippen molar-refractivity contribution < 1.29 is 0 Å². The van der Waals surface area contributed by atoms with Crippen LogP contribution in [0.4, 0.5) is 5.69 Å². The van der Waals surface area contributed by atoms with Gasteiger partial charge in [-0.25, -0.2) is 4.68 Å². The highest BCUT2D eigenvalue weighted by molar-refractivity contribution is 5.58. The number of aromatic nitrogens is 4. The molecule has 5 nitrogen and oxygen atoms in total. The molecular weight excluding hydrogens is 214 g/mol. The fourth-order valence-electron chi connectivity index (χ4n) is 1.57. The maximum absolute atomic E-state index is 5.66. The summed E-state index contributed by atoms with van der Waals surface area (Å²) in [5, 5.41) is 11.8. The molecule has 2 N–H and O–H groups in total. The zero-order valence-electron chi connectivity index (χ0n) is 10.2. The van der Waals surface area contributed by atoms with Gasteiger partial charge in [0.1, 0.15) is 0 Å². The molecule has 0 spiro atoms. The van der Waals surface area contributed by atoms with Crippen molar-refractivity contribution in [1.82, 2.24) is 20.2 Å². The van der Waals surface area contributed by atoms with Gasteiger partial charge >= 0.3 is 0 Å². The van der Waals surface area contributed by atoms with Gasteiger partial charge in [-0.1, -0.05) is 13.8 Å². The lowest BCUT2D eigenvalue weighted by molar-refractivity contribution is 0.481. The normalized spacial score (nSPS) is 11.0. The number of nitrogens with zero attached hydrogens (tertiary/aromatic N) is 4. The Morgan fingerprint density at radius 3 is 2.59 bits per heavy atom. The standard InChI is InChI=1S/C12H17N5/c1-9(2)7-8-17-12(14-15-16-17)10-3-5-11(13)6-4-10/h3-6,9H,7-8,13H2,1-2H3. The number of nitrogen functional groups attached to an aromatic ring is 1. The predicted octanol–water partition coefficient (Wildman–Crippen LogP) is 1.97. The van der Waals surface area contributed by atoms with Gasteiger partial charge in [0.05, 0.1) is 0 Å². The minimum atomic E-state index is 0.637. The zero-order chi connectivity index (χ0) is 12.3. The lowest BCUT2D eigenvalue weighted by Gasteiger charge is -2.06. The summed E-state index contributed by atoms with van der Waals surface area (Å²) in [6.45, 7) is 5.21. The average Bonchev–Trinajstić information content (AvgIpc) is 2.75. The minimum absolute atomic E-state index is 0.637. The zero-order valence-corrected chi connectivity index (χ0v) is 10.2. The van der Waals surface area contributed by atoms with E-state index in [1.807, 2.05) is 28.9 Å². The van der Waals surface area contributed by atoms with Gasteiger partial charge in [0, 0.05) is 17.8 Å². The summed E-state index contributed by atoms with van der Waals surface area (Å²) < 4.78 is 1.84. The van der Waals surface area contributed by atoms with E-state index in [1.54, 1.807) is 0 Å². The van der Waals surface area contributed by atoms with Crippen LogP contribution in [0.25, 0.3) is 11.4 Å². The van der Waals surface area contributed by atoms with Crippen LogP contribution in [-0.4, -0.2) is 20.2 Å². The van der Waals surface area contributed by atoms with Crippen molar-refractivity contribution in [3.05, 3.63) is 24.3 Å². The fraction of sp³-hybridized carbons (Fsp3) is 0.417. The van der Waals surface area contributed by atoms with Crippen LogP contribution in [0, 0.1) is 5.92 Å². The molecule has 1 heterocycles. The van der Waals surface area contributed by atoms with E-state index in [-0.39, 0.29) is 0 Å². The number of tetrazole rings is 1. The van der Waals surface area contributed by atoms with Gasteiger partial charge in [0.25, 0.3) is 0 Å². The predicted molar refractivity (Wildman–Crippen MR) is 67.1 cm³/mol. The highest BCUT2D eigenvalue weighted by Crippen LogP contribution is 2.17. The molecule has 0 fully saturated rings. The summed E-state index contributed by atoms with van der Waals surface area (Å²) >= 11 is 0. The van der Waals surface area contributed by atoms with E-state index in [1.165, 1.54) is 0 Å². The lowest BCUT2D eigenvalue weighted by Crippen LogP contribution is -2.05. The fourth-order valence-corrected chi connectivity index (χ4v) is 1.57. The maximum atomic E-state index is 5.66. The first-order valence-electron chi connectivity index (χ1n) is 5.79. The van der Waals surface area contributed by atoms with Crippen LogP contribution in [0.3, 0.4) is 0 Å².